The minimum atomic E-state index is -0.502. The number of aliphatic hydroxyl groups excluding tert-OH is 1. The number of allylic oxidation sites excluding steroid dienone is 2. The molecule has 2 atom stereocenters. The van der Waals surface area contributed by atoms with E-state index in [9.17, 15) is 5.11 Å². The SMILES string of the molecule is Cc1c(C2CCC(C)(C)CC2)ccc2c1sc1c3[n+](ccc12)C1(C)C=C(O)C1(C)c1c-3cc(C(C)(C)C)c2ccccc12. The van der Waals surface area contributed by atoms with Crippen LogP contribution in [-0.4, -0.2) is 5.11 Å². The van der Waals surface area contributed by atoms with Gasteiger partial charge in [0.25, 0.3) is 0 Å². The monoisotopic (exact) mass is 586 g/mol. The van der Waals surface area contributed by atoms with Crippen LogP contribution in [0.4, 0.5) is 0 Å². The molecule has 2 unspecified atom stereocenters. The number of aromatic nitrogens is 1. The molecule has 3 aromatic carbocycles. The van der Waals surface area contributed by atoms with Gasteiger partial charge < -0.3 is 5.11 Å². The van der Waals surface area contributed by atoms with Gasteiger partial charge in [-0.05, 0) is 95.4 Å². The fraction of sp³-hybridized carbons (Fsp3) is 0.425. The van der Waals surface area contributed by atoms with Gasteiger partial charge in [0.2, 0.25) is 11.2 Å². The minimum absolute atomic E-state index is 0.0211. The summed E-state index contributed by atoms with van der Waals surface area (Å²) in [5, 5.41) is 16.7. The zero-order chi connectivity index (χ0) is 30.3. The van der Waals surface area contributed by atoms with Crippen molar-refractivity contribution in [2.45, 2.75) is 103 Å². The molecule has 1 N–H and O–H groups in total. The maximum Gasteiger partial charge on any atom is 0.231 e. The Kier molecular flexibility index (Phi) is 5.42. The molecule has 1 aliphatic heterocycles. The smallest absolute Gasteiger partial charge is 0.231 e. The molecule has 1 fully saturated rings. The first kappa shape index (κ1) is 27.4. The predicted octanol–water partition coefficient (Wildman–Crippen LogP) is 10.9. The molecule has 1 saturated carbocycles. The van der Waals surface area contributed by atoms with Crippen molar-refractivity contribution in [3.63, 3.8) is 0 Å². The molecule has 2 aromatic heterocycles. The topological polar surface area (TPSA) is 24.1 Å². The third-order valence-corrected chi connectivity index (χ3v) is 13.2. The number of rotatable bonds is 1. The number of pyridine rings is 1. The highest BCUT2D eigenvalue weighted by Gasteiger charge is 2.67. The van der Waals surface area contributed by atoms with Crippen molar-refractivity contribution < 1.29 is 9.67 Å². The van der Waals surface area contributed by atoms with E-state index in [2.05, 4.69) is 121 Å². The van der Waals surface area contributed by atoms with Gasteiger partial charge in [-0.25, -0.2) is 0 Å². The summed E-state index contributed by atoms with van der Waals surface area (Å²) in [6, 6.07) is 18.5. The molecule has 0 saturated heterocycles. The zero-order valence-corrected chi connectivity index (χ0v) is 27.8. The summed E-state index contributed by atoms with van der Waals surface area (Å²) >= 11 is 1.98. The van der Waals surface area contributed by atoms with Crippen LogP contribution in [0.15, 0.2) is 66.6 Å². The van der Waals surface area contributed by atoms with Gasteiger partial charge in [0.1, 0.15) is 15.9 Å². The second-order valence-corrected chi connectivity index (χ2v) is 16.9. The van der Waals surface area contributed by atoms with Gasteiger partial charge in [0, 0.05) is 34.5 Å². The average Bonchev–Trinajstić information content (AvgIpc) is 3.34. The van der Waals surface area contributed by atoms with Crippen molar-refractivity contribution >= 4 is 42.3 Å². The van der Waals surface area contributed by atoms with Gasteiger partial charge in [-0.3, -0.25) is 0 Å². The molecule has 220 valence electrons. The molecule has 0 amide bonds. The van der Waals surface area contributed by atoms with Crippen LogP contribution in [0.1, 0.15) is 102 Å². The van der Waals surface area contributed by atoms with Gasteiger partial charge in [0.05, 0.1) is 5.56 Å². The predicted molar refractivity (Wildman–Crippen MR) is 183 cm³/mol. The van der Waals surface area contributed by atoms with Crippen LogP contribution >= 0.6 is 11.3 Å². The van der Waals surface area contributed by atoms with Crippen molar-refractivity contribution in [2.75, 3.05) is 0 Å². The Bertz CT molecular complexity index is 2040. The van der Waals surface area contributed by atoms with Gasteiger partial charge in [-0.1, -0.05) is 71.0 Å². The lowest BCUT2D eigenvalue weighted by Gasteiger charge is -2.51. The van der Waals surface area contributed by atoms with E-state index in [1.54, 1.807) is 5.56 Å². The molecule has 3 aliphatic rings. The minimum Gasteiger partial charge on any atom is -0.511 e. The fourth-order valence-corrected chi connectivity index (χ4v) is 10.3. The average molecular weight is 587 g/mol. The number of fused-ring (bicyclic) bond motifs is 12. The van der Waals surface area contributed by atoms with Crippen LogP contribution in [0, 0.1) is 12.3 Å². The maximum absolute atomic E-state index is 11.4. The Morgan fingerprint density at radius 1 is 0.860 bits per heavy atom. The van der Waals surface area contributed by atoms with E-state index in [1.165, 1.54) is 84.6 Å². The van der Waals surface area contributed by atoms with E-state index < -0.39 is 5.41 Å². The Morgan fingerprint density at radius 2 is 1.53 bits per heavy atom. The van der Waals surface area contributed by atoms with Crippen molar-refractivity contribution in [3.05, 3.63) is 88.8 Å². The number of benzene rings is 3. The fourth-order valence-electron chi connectivity index (χ4n) is 8.95. The first-order chi connectivity index (χ1) is 20.3. The summed E-state index contributed by atoms with van der Waals surface area (Å²) in [5.41, 5.74) is 7.83. The second kappa shape index (κ2) is 8.51. The van der Waals surface area contributed by atoms with Crippen LogP contribution in [0.2, 0.25) is 0 Å². The molecule has 0 radical (unpaired) electrons. The molecule has 0 bridgehead atoms. The summed E-state index contributed by atoms with van der Waals surface area (Å²) in [6.07, 6.45) is 9.58. The highest BCUT2D eigenvalue weighted by Crippen LogP contribution is 2.60. The molecule has 2 aliphatic carbocycles. The lowest BCUT2D eigenvalue weighted by molar-refractivity contribution is -0.754. The largest absolute Gasteiger partial charge is 0.511 e. The van der Waals surface area contributed by atoms with Crippen molar-refractivity contribution in [1.82, 2.24) is 0 Å². The highest BCUT2D eigenvalue weighted by molar-refractivity contribution is 7.26. The van der Waals surface area contributed by atoms with E-state index >= 15 is 0 Å². The summed E-state index contributed by atoms with van der Waals surface area (Å²) in [6.45, 7) is 18.7. The van der Waals surface area contributed by atoms with Crippen molar-refractivity contribution in [1.29, 1.82) is 0 Å². The lowest BCUT2D eigenvalue weighted by atomic mass is 9.54. The molecule has 3 heteroatoms. The Balaban J connectivity index is 1.45. The van der Waals surface area contributed by atoms with E-state index in [4.69, 9.17) is 0 Å². The summed E-state index contributed by atoms with van der Waals surface area (Å²) in [7, 11) is 0. The van der Waals surface area contributed by atoms with Gasteiger partial charge in [0.15, 0.2) is 6.20 Å². The summed E-state index contributed by atoms with van der Waals surface area (Å²) < 4.78 is 5.28. The molecule has 43 heavy (non-hydrogen) atoms. The third kappa shape index (κ3) is 3.43. The van der Waals surface area contributed by atoms with Crippen LogP contribution in [0.3, 0.4) is 0 Å². The third-order valence-electron chi connectivity index (χ3n) is 11.9. The number of aryl methyl sites for hydroxylation is 1. The lowest BCUT2D eigenvalue weighted by Crippen LogP contribution is -2.72. The highest BCUT2D eigenvalue weighted by atomic mass is 32.1. The standard InChI is InChI=1S/C40H43NOS/c1-23-25(24-15-18-38(5,6)19-16-24)13-14-28-29-17-20-41-34(36(29)43-35(23)28)30-21-31(37(2,3)4)26-11-9-10-12-27(26)33(30)40(8)32(42)22-39(40,41)7/h9-14,17,20-22,24H,15-16,18-19H2,1-8H3/p+1. The van der Waals surface area contributed by atoms with E-state index in [1.807, 2.05) is 11.3 Å². The number of aliphatic hydroxyl groups is 1. The van der Waals surface area contributed by atoms with Gasteiger partial charge in [-0.15, -0.1) is 11.3 Å². The van der Waals surface area contributed by atoms with Gasteiger partial charge in [-0.2, -0.15) is 4.57 Å². The molecular formula is C40H44NOS+. The van der Waals surface area contributed by atoms with Crippen molar-refractivity contribution in [2.24, 2.45) is 5.41 Å². The Hall–Kier alpha value is -3.17. The van der Waals surface area contributed by atoms with E-state index in [-0.39, 0.29) is 11.0 Å². The number of hydrogen-bond donors (Lipinski definition) is 1. The summed E-state index contributed by atoms with van der Waals surface area (Å²) in [5.74, 6) is 1.14. The molecular weight excluding hydrogens is 543 g/mol. The molecule has 8 rings (SSSR count). The quantitative estimate of drug-likeness (QED) is 0.194. The van der Waals surface area contributed by atoms with Crippen LogP contribution in [0.5, 0.6) is 0 Å². The zero-order valence-electron chi connectivity index (χ0n) is 27.0. The first-order valence-electron chi connectivity index (χ1n) is 16.2. The molecule has 3 heterocycles. The van der Waals surface area contributed by atoms with Gasteiger partial charge >= 0.3 is 0 Å². The van der Waals surface area contributed by atoms with Crippen LogP contribution < -0.4 is 4.57 Å². The number of thiophene rings is 1. The number of hydrogen-bond acceptors (Lipinski definition) is 2. The number of nitrogens with zero attached hydrogens (tertiary/aromatic N) is 1. The van der Waals surface area contributed by atoms with Crippen LogP contribution in [0.25, 0.3) is 42.2 Å². The van der Waals surface area contributed by atoms with E-state index in [0.717, 1.165) is 0 Å². The summed E-state index contributed by atoms with van der Waals surface area (Å²) in [4.78, 5) is 0. The maximum atomic E-state index is 11.4. The first-order valence-corrected chi connectivity index (χ1v) is 17.0. The molecule has 2 nitrogen and oxygen atoms in total. The Labute approximate surface area is 260 Å². The van der Waals surface area contributed by atoms with Crippen LogP contribution in [-0.2, 0) is 16.4 Å². The molecule has 5 aromatic rings. The molecule has 0 spiro atoms. The van der Waals surface area contributed by atoms with E-state index in [0.29, 0.717) is 17.1 Å². The van der Waals surface area contributed by atoms with Crippen molar-refractivity contribution in [3.8, 4) is 11.3 Å². The second-order valence-electron chi connectivity index (χ2n) is 15.9. The normalized spacial score (nSPS) is 24.9. The Morgan fingerprint density at radius 3 is 2.21 bits per heavy atom.